The van der Waals surface area contributed by atoms with Gasteiger partial charge < -0.3 is 5.11 Å². The maximum absolute atomic E-state index is 12.7. The van der Waals surface area contributed by atoms with Crippen molar-refractivity contribution in [3.05, 3.63) is 46.5 Å². The normalized spacial score (nSPS) is 12.2. The molecule has 0 fully saturated rings. The molecule has 6 heteroatoms. The van der Waals surface area contributed by atoms with Crippen LogP contribution in [0.4, 0.5) is 0 Å². The summed E-state index contributed by atoms with van der Waals surface area (Å²) < 4.78 is 1.01. The fraction of sp³-hybridized carbons (Fsp3) is 0.353. The monoisotopic (exact) mass is 347 g/mol. The van der Waals surface area contributed by atoms with E-state index < -0.39 is 14.0 Å². The Labute approximate surface area is 141 Å². The lowest BCUT2D eigenvalue weighted by Crippen LogP contribution is -2.49. The van der Waals surface area contributed by atoms with Crippen LogP contribution in [0.3, 0.4) is 0 Å². The minimum atomic E-state index is -1.80. The van der Waals surface area contributed by atoms with E-state index in [9.17, 15) is 14.7 Å². The van der Waals surface area contributed by atoms with Gasteiger partial charge in [-0.05, 0) is 11.1 Å². The number of nitrogens with zero attached hydrogens (tertiary/aromatic N) is 1. The van der Waals surface area contributed by atoms with Gasteiger partial charge in [0, 0.05) is 11.8 Å². The van der Waals surface area contributed by atoms with E-state index in [1.54, 1.807) is 24.4 Å². The number of rotatable bonds is 4. The fourth-order valence-electron chi connectivity index (χ4n) is 1.99. The molecule has 1 N–H and O–H groups in total. The van der Waals surface area contributed by atoms with Gasteiger partial charge in [-0.2, -0.15) is 0 Å². The van der Waals surface area contributed by atoms with Gasteiger partial charge in [-0.25, -0.2) is 4.79 Å². The van der Waals surface area contributed by atoms with Gasteiger partial charge in [0.05, 0.1) is 15.1 Å². The van der Waals surface area contributed by atoms with E-state index in [0.29, 0.717) is 4.88 Å². The number of ketones is 1. The van der Waals surface area contributed by atoms with Crippen molar-refractivity contribution in [3.8, 4) is 0 Å². The lowest BCUT2D eigenvalue weighted by atomic mass is 10.0. The molecule has 1 heterocycles. The second-order valence-corrected chi connectivity index (χ2v) is 13.7. The molecule has 0 aliphatic heterocycles. The minimum Gasteiger partial charge on any atom is -0.478 e. The van der Waals surface area contributed by atoms with E-state index in [0.717, 1.165) is 4.63 Å². The van der Waals surface area contributed by atoms with E-state index in [4.69, 9.17) is 0 Å². The Morgan fingerprint density at radius 2 is 1.70 bits per heavy atom. The van der Waals surface area contributed by atoms with Gasteiger partial charge in [0.25, 0.3) is 0 Å². The third-order valence-electron chi connectivity index (χ3n) is 4.54. The predicted octanol–water partition coefficient (Wildman–Crippen LogP) is 3.79. The standard InChI is InChI=1S/C17H21NO3SSi/c1-17(2,3)23(4,5)16-18-10-13(22-16)14(19)11-8-6-7-9-12(11)15(20)21/h6-10H,1-5H3,(H,20,21). The summed E-state index contributed by atoms with van der Waals surface area (Å²) in [5.74, 6) is -1.37. The van der Waals surface area contributed by atoms with Crippen LogP contribution in [0.5, 0.6) is 0 Å². The van der Waals surface area contributed by atoms with Crippen LogP contribution in [0.1, 0.15) is 46.4 Å². The zero-order chi connectivity index (χ0) is 17.4. The van der Waals surface area contributed by atoms with E-state index in [1.807, 2.05) is 0 Å². The number of aromatic nitrogens is 1. The second kappa shape index (κ2) is 6.01. The largest absolute Gasteiger partial charge is 0.478 e. The summed E-state index contributed by atoms with van der Waals surface area (Å²) in [4.78, 5) is 29.0. The van der Waals surface area contributed by atoms with E-state index >= 15 is 0 Å². The third kappa shape index (κ3) is 3.28. The van der Waals surface area contributed by atoms with Gasteiger partial charge in [-0.3, -0.25) is 9.78 Å². The summed E-state index contributed by atoms with van der Waals surface area (Å²) in [7, 11) is -1.80. The van der Waals surface area contributed by atoms with E-state index in [1.165, 1.54) is 17.4 Å². The number of aromatic carboxylic acids is 1. The quantitative estimate of drug-likeness (QED) is 0.675. The molecule has 0 radical (unpaired) electrons. The van der Waals surface area contributed by atoms with Crippen molar-refractivity contribution < 1.29 is 14.7 Å². The number of carbonyl (C=O) groups is 2. The number of thiazole rings is 1. The molecular formula is C17H21NO3SSi. The zero-order valence-electron chi connectivity index (χ0n) is 14.0. The lowest BCUT2D eigenvalue weighted by Gasteiger charge is -2.34. The number of carbonyl (C=O) groups excluding carboxylic acids is 1. The molecule has 0 amide bonds. The van der Waals surface area contributed by atoms with Crippen molar-refractivity contribution in [1.29, 1.82) is 0 Å². The summed E-state index contributed by atoms with van der Waals surface area (Å²) in [5.41, 5.74) is 0.241. The van der Waals surface area contributed by atoms with Crippen LogP contribution in [0.15, 0.2) is 30.5 Å². The van der Waals surface area contributed by atoms with Gasteiger partial charge >= 0.3 is 5.97 Å². The summed E-state index contributed by atoms with van der Waals surface area (Å²) in [5, 5.41) is 9.37. The SMILES string of the molecule is CC(C)(C)[Si](C)(C)c1ncc(C(=O)c2ccccc2C(=O)O)s1. The second-order valence-electron chi connectivity index (χ2n) is 7.08. The van der Waals surface area contributed by atoms with Gasteiger partial charge in [0.2, 0.25) is 5.78 Å². The number of carboxylic acids is 1. The smallest absolute Gasteiger partial charge is 0.336 e. The highest BCUT2D eigenvalue weighted by molar-refractivity contribution is 7.27. The Hall–Kier alpha value is -1.79. The molecule has 0 unspecified atom stereocenters. The Morgan fingerprint density at radius 1 is 1.13 bits per heavy atom. The van der Waals surface area contributed by atoms with Crippen LogP contribution in [-0.2, 0) is 0 Å². The van der Waals surface area contributed by atoms with Crippen LogP contribution >= 0.6 is 11.3 Å². The fourth-order valence-corrected chi connectivity index (χ4v) is 5.91. The number of benzene rings is 1. The number of hydrogen-bond acceptors (Lipinski definition) is 4. The molecule has 0 aliphatic rings. The van der Waals surface area contributed by atoms with Gasteiger partial charge in [-0.15, -0.1) is 11.3 Å². The molecule has 0 spiro atoms. The average Bonchev–Trinajstić information content (AvgIpc) is 2.95. The highest BCUT2D eigenvalue weighted by atomic mass is 32.1. The van der Waals surface area contributed by atoms with E-state index in [-0.39, 0.29) is 21.9 Å². The average molecular weight is 348 g/mol. The van der Waals surface area contributed by atoms with Crippen LogP contribution in [0, 0.1) is 0 Å². The van der Waals surface area contributed by atoms with Gasteiger partial charge in [0.15, 0.2) is 0 Å². The Morgan fingerprint density at radius 3 is 2.22 bits per heavy atom. The van der Waals surface area contributed by atoms with E-state index in [2.05, 4.69) is 38.8 Å². The summed E-state index contributed by atoms with van der Waals surface area (Å²) in [6.07, 6.45) is 1.58. The van der Waals surface area contributed by atoms with Crippen LogP contribution in [-0.4, -0.2) is 29.9 Å². The molecule has 1 aromatic heterocycles. The molecule has 0 atom stereocenters. The maximum Gasteiger partial charge on any atom is 0.336 e. The van der Waals surface area contributed by atoms with Crippen LogP contribution < -0.4 is 4.63 Å². The summed E-state index contributed by atoms with van der Waals surface area (Å²) in [6, 6.07) is 6.30. The molecular weight excluding hydrogens is 326 g/mol. The van der Waals surface area contributed by atoms with Crippen molar-refractivity contribution in [3.63, 3.8) is 0 Å². The summed E-state index contributed by atoms with van der Waals surface area (Å²) >= 11 is 1.40. The number of carboxylic acid groups (broad SMARTS) is 1. The van der Waals surface area contributed by atoms with Gasteiger partial charge in [0.1, 0.15) is 8.07 Å². The Balaban J connectivity index is 2.43. The first kappa shape index (κ1) is 17.6. The number of hydrogen-bond donors (Lipinski definition) is 1. The molecule has 23 heavy (non-hydrogen) atoms. The zero-order valence-corrected chi connectivity index (χ0v) is 15.8. The topological polar surface area (TPSA) is 67.3 Å². The molecule has 2 rings (SSSR count). The molecule has 0 aliphatic carbocycles. The highest BCUT2D eigenvalue weighted by Crippen LogP contribution is 2.36. The first-order valence-electron chi connectivity index (χ1n) is 7.39. The van der Waals surface area contributed by atoms with Crippen molar-refractivity contribution >= 4 is 35.8 Å². The van der Waals surface area contributed by atoms with Gasteiger partial charge in [-0.1, -0.05) is 52.1 Å². The molecule has 122 valence electrons. The van der Waals surface area contributed by atoms with Crippen LogP contribution in [0.25, 0.3) is 0 Å². The molecule has 2 aromatic rings. The molecule has 0 saturated heterocycles. The first-order valence-corrected chi connectivity index (χ1v) is 11.2. The molecule has 0 saturated carbocycles. The predicted molar refractivity (Wildman–Crippen MR) is 95.8 cm³/mol. The molecule has 0 bridgehead atoms. The van der Waals surface area contributed by atoms with Crippen molar-refractivity contribution in [2.75, 3.05) is 0 Å². The Bertz CT molecular complexity index is 759. The maximum atomic E-state index is 12.7. The molecule has 4 nitrogen and oxygen atoms in total. The molecule has 1 aromatic carbocycles. The van der Waals surface area contributed by atoms with Crippen LogP contribution in [0.2, 0.25) is 18.1 Å². The first-order chi connectivity index (χ1) is 10.6. The van der Waals surface area contributed by atoms with Crippen molar-refractivity contribution in [1.82, 2.24) is 4.98 Å². The lowest BCUT2D eigenvalue weighted by molar-refractivity contribution is 0.0693. The summed E-state index contributed by atoms with van der Waals surface area (Å²) in [6.45, 7) is 11.1. The Kier molecular flexibility index (Phi) is 4.59. The van der Waals surface area contributed by atoms with Crippen molar-refractivity contribution in [2.24, 2.45) is 0 Å². The minimum absolute atomic E-state index is 0.0276. The third-order valence-corrected chi connectivity index (χ3v) is 12.1. The highest BCUT2D eigenvalue weighted by Gasteiger charge is 2.40. The van der Waals surface area contributed by atoms with Crippen molar-refractivity contribution in [2.45, 2.75) is 38.9 Å².